The van der Waals surface area contributed by atoms with Crippen molar-refractivity contribution in [3.8, 4) is 0 Å². The van der Waals surface area contributed by atoms with E-state index < -0.39 is 20.3 Å². The molecule has 0 aliphatic carbocycles. The van der Waals surface area contributed by atoms with Crippen molar-refractivity contribution >= 4 is 31.5 Å². The maximum Gasteiger partial charge on any atom is 0.348 e. The van der Waals surface area contributed by atoms with E-state index in [0.717, 1.165) is 4.88 Å². The van der Waals surface area contributed by atoms with Crippen LogP contribution in [0.5, 0.6) is 0 Å². The van der Waals surface area contributed by atoms with Gasteiger partial charge >= 0.3 is 11.9 Å². The molecule has 208 valence electrons. The molecule has 1 aliphatic heterocycles. The number of halogens is 2. The summed E-state index contributed by atoms with van der Waals surface area (Å²) in [6, 6.07) is 11.2. The smallest absolute Gasteiger partial charge is 0.348 e. The standard InChI is InChI=1S/C29H39F2NO4SSi/c1-28(2,3)38(5,6)36-25(29(30,31)21-11-8-7-9-12-21)18-14-22-15-19-26(33)32(22)20-10-13-23-16-17-24(37-23)27(34)35-4/h7-9,11-12,14,16-18,22,25H,10,13,15,19-20H2,1-6H3. The summed E-state index contributed by atoms with van der Waals surface area (Å²) in [5.74, 6) is -3.56. The lowest BCUT2D eigenvalue weighted by Gasteiger charge is -2.40. The fourth-order valence-corrected chi connectivity index (χ4v) is 6.36. The molecule has 0 spiro atoms. The number of likely N-dealkylation sites (tertiary alicyclic amines) is 1. The van der Waals surface area contributed by atoms with Crippen LogP contribution in [0, 0.1) is 0 Å². The normalized spacial score (nSPS) is 17.8. The number of alkyl halides is 2. The van der Waals surface area contributed by atoms with Gasteiger partial charge in [-0.25, -0.2) is 4.79 Å². The quantitative estimate of drug-likeness (QED) is 0.165. The molecule has 2 atom stereocenters. The van der Waals surface area contributed by atoms with Gasteiger partial charge in [0.15, 0.2) is 8.32 Å². The summed E-state index contributed by atoms with van der Waals surface area (Å²) in [7, 11) is -1.18. The molecule has 1 saturated heterocycles. The highest BCUT2D eigenvalue weighted by atomic mass is 32.1. The number of methoxy groups -OCH3 is 1. The third-order valence-corrected chi connectivity index (χ3v) is 13.1. The second-order valence-electron chi connectivity index (χ2n) is 11.2. The monoisotopic (exact) mass is 563 g/mol. The van der Waals surface area contributed by atoms with Gasteiger partial charge in [0, 0.05) is 23.4 Å². The summed E-state index contributed by atoms with van der Waals surface area (Å²) in [5.41, 5.74) is -0.0880. The molecule has 1 aromatic heterocycles. The predicted octanol–water partition coefficient (Wildman–Crippen LogP) is 7.20. The lowest BCUT2D eigenvalue weighted by Crippen LogP contribution is -2.48. The van der Waals surface area contributed by atoms with Crippen LogP contribution in [0.4, 0.5) is 8.78 Å². The van der Waals surface area contributed by atoms with Gasteiger partial charge in [-0.1, -0.05) is 63.3 Å². The molecular weight excluding hydrogens is 524 g/mol. The average molecular weight is 564 g/mol. The highest BCUT2D eigenvalue weighted by Gasteiger charge is 2.47. The van der Waals surface area contributed by atoms with E-state index in [1.54, 1.807) is 35.2 Å². The van der Waals surface area contributed by atoms with Gasteiger partial charge in [0.1, 0.15) is 11.0 Å². The molecule has 2 aromatic rings. The van der Waals surface area contributed by atoms with Gasteiger partial charge in [0.05, 0.1) is 13.2 Å². The zero-order valence-electron chi connectivity index (χ0n) is 23.1. The van der Waals surface area contributed by atoms with Crippen LogP contribution in [0.2, 0.25) is 18.1 Å². The van der Waals surface area contributed by atoms with Crippen LogP contribution in [0.15, 0.2) is 54.6 Å². The summed E-state index contributed by atoms with van der Waals surface area (Å²) in [6.45, 7) is 10.5. The number of aryl methyl sites for hydroxylation is 1. The van der Waals surface area contributed by atoms with E-state index in [4.69, 9.17) is 9.16 Å². The largest absolute Gasteiger partial charge is 0.465 e. The van der Waals surface area contributed by atoms with Crippen molar-refractivity contribution < 1.29 is 27.5 Å². The number of hydrogen-bond donors (Lipinski definition) is 0. The van der Waals surface area contributed by atoms with Gasteiger partial charge in [0.2, 0.25) is 5.91 Å². The molecule has 1 aliphatic rings. The molecule has 5 nitrogen and oxygen atoms in total. The summed E-state index contributed by atoms with van der Waals surface area (Å²) in [4.78, 5) is 27.7. The topological polar surface area (TPSA) is 55.8 Å². The van der Waals surface area contributed by atoms with Crippen LogP contribution in [0.3, 0.4) is 0 Å². The molecule has 1 fully saturated rings. The molecule has 2 heterocycles. The van der Waals surface area contributed by atoms with Gasteiger partial charge in [0.25, 0.3) is 0 Å². The number of amides is 1. The Hall–Kier alpha value is -2.36. The maximum atomic E-state index is 15.8. The molecule has 0 N–H and O–H groups in total. The molecule has 9 heteroatoms. The molecule has 0 saturated carbocycles. The van der Waals surface area contributed by atoms with Gasteiger partial charge in [-0.15, -0.1) is 11.3 Å². The van der Waals surface area contributed by atoms with E-state index in [9.17, 15) is 9.59 Å². The third-order valence-electron chi connectivity index (χ3n) is 7.50. The number of esters is 1. The molecule has 38 heavy (non-hydrogen) atoms. The predicted molar refractivity (Wildman–Crippen MR) is 150 cm³/mol. The molecular formula is C29H39F2NO4SSi. The Morgan fingerprint density at radius 3 is 2.50 bits per heavy atom. The fraction of sp³-hybridized carbons (Fsp3) is 0.517. The van der Waals surface area contributed by atoms with E-state index in [0.29, 0.717) is 37.1 Å². The minimum Gasteiger partial charge on any atom is -0.465 e. The van der Waals surface area contributed by atoms with Gasteiger partial charge in [-0.3, -0.25) is 4.79 Å². The second kappa shape index (κ2) is 12.2. The molecule has 1 amide bonds. The molecule has 3 rings (SSSR count). The average Bonchev–Trinajstić information content (AvgIpc) is 3.48. The Bertz CT molecular complexity index is 1130. The summed E-state index contributed by atoms with van der Waals surface area (Å²) in [6.07, 6.45) is 4.18. The van der Waals surface area contributed by atoms with Crippen LogP contribution in [-0.4, -0.2) is 50.9 Å². The first kappa shape index (κ1) is 30.2. The Labute approximate surface area is 230 Å². The van der Waals surface area contributed by atoms with Crippen LogP contribution >= 0.6 is 11.3 Å². The van der Waals surface area contributed by atoms with E-state index in [1.807, 2.05) is 39.9 Å². The van der Waals surface area contributed by atoms with Crippen molar-refractivity contribution in [3.05, 3.63) is 69.9 Å². The Morgan fingerprint density at radius 1 is 1.18 bits per heavy atom. The summed E-state index contributed by atoms with van der Waals surface area (Å²) >= 11 is 1.38. The van der Waals surface area contributed by atoms with E-state index >= 15 is 8.78 Å². The minimum atomic E-state index is -3.22. The maximum absolute atomic E-state index is 15.8. The van der Waals surface area contributed by atoms with Crippen LogP contribution in [-0.2, 0) is 26.3 Å². The number of hydrogen-bond acceptors (Lipinski definition) is 5. The molecule has 1 aromatic carbocycles. The van der Waals surface area contributed by atoms with Crippen LogP contribution in [0.25, 0.3) is 0 Å². The van der Waals surface area contributed by atoms with Gasteiger partial charge < -0.3 is 14.1 Å². The number of carbonyl (C=O) groups is 2. The highest BCUT2D eigenvalue weighted by Crippen LogP contribution is 2.42. The van der Waals surface area contributed by atoms with Crippen molar-refractivity contribution in [1.29, 1.82) is 0 Å². The second-order valence-corrected chi connectivity index (χ2v) is 17.2. The zero-order chi connectivity index (χ0) is 28.1. The number of benzene rings is 1. The fourth-order valence-electron chi connectivity index (χ4n) is 4.17. The highest BCUT2D eigenvalue weighted by molar-refractivity contribution is 7.13. The first-order valence-corrected chi connectivity index (χ1v) is 16.7. The minimum absolute atomic E-state index is 0.0257. The Morgan fingerprint density at radius 2 is 1.87 bits per heavy atom. The first-order valence-electron chi connectivity index (χ1n) is 13.0. The van der Waals surface area contributed by atoms with Gasteiger partial charge in [-0.2, -0.15) is 8.78 Å². The van der Waals surface area contributed by atoms with Crippen molar-refractivity contribution in [1.82, 2.24) is 4.90 Å². The van der Waals surface area contributed by atoms with Crippen LogP contribution in [0.1, 0.15) is 60.1 Å². The molecule has 0 bridgehead atoms. The number of rotatable bonds is 11. The number of thiophene rings is 1. The third kappa shape index (κ3) is 7.18. The SMILES string of the molecule is COC(=O)c1ccc(CCCN2C(=O)CCC2C=CC(O[Si](C)(C)C(C)(C)C)C(F)(F)c2ccccc2)s1. The van der Waals surface area contributed by atoms with Crippen molar-refractivity contribution in [3.63, 3.8) is 0 Å². The summed E-state index contributed by atoms with van der Waals surface area (Å²) < 4.78 is 42.6. The van der Waals surface area contributed by atoms with Crippen molar-refractivity contribution in [2.45, 2.75) is 82.7 Å². The molecule has 0 radical (unpaired) electrons. The number of nitrogens with zero attached hydrogens (tertiary/aromatic N) is 1. The Balaban J connectivity index is 1.75. The number of carbonyl (C=O) groups excluding carboxylic acids is 2. The van der Waals surface area contributed by atoms with E-state index in [-0.39, 0.29) is 28.5 Å². The zero-order valence-corrected chi connectivity index (χ0v) is 24.9. The van der Waals surface area contributed by atoms with E-state index in [2.05, 4.69) is 0 Å². The van der Waals surface area contributed by atoms with E-state index in [1.165, 1.54) is 36.7 Å². The van der Waals surface area contributed by atoms with Crippen molar-refractivity contribution in [2.75, 3.05) is 13.7 Å². The lowest BCUT2D eigenvalue weighted by molar-refractivity contribution is -0.128. The van der Waals surface area contributed by atoms with Crippen molar-refractivity contribution in [2.24, 2.45) is 0 Å². The number of ether oxygens (including phenoxy) is 1. The molecule has 2 unspecified atom stereocenters. The summed E-state index contributed by atoms with van der Waals surface area (Å²) in [5, 5.41) is -0.239. The lowest BCUT2D eigenvalue weighted by atomic mass is 10.0. The van der Waals surface area contributed by atoms with Gasteiger partial charge in [-0.05, 0) is 49.5 Å². The first-order chi connectivity index (χ1) is 17.8. The Kier molecular flexibility index (Phi) is 9.70. The van der Waals surface area contributed by atoms with Crippen LogP contribution < -0.4 is 0 Å².